The van der Waals surface area contributed by atoms with E-state index in [4.69, 9.17) is 22.1 Å². The summed E-state index contributed by atoms with van der Waals surface area (Å²) in [5, 5.41) is 10.8. The van der Waals surface area contributed by atoms with Crippen molar-refractivity contribution in [3.8, 4) is 0 Å². The Kier molecular flexibility index (Phi) is 4.62. The molecule has 0 spiro atoms. The van der Waals surface area contributed by atoms with Gasteiger partial charge in [0.05, 0.1) is 19.2 Å². The average molecular weight is 349 g/mol. The molecule has 6 nitrogen and oxygen atoms in total. The maximum absolute atomic E-state index is 11.6. The molecular formula is C17H17ClN2O4. The van der Waals surface area contributed by atoms with E-state index in [1.54, 1.807) is 35.2 Å². The van der Waals surface area contributed by atoms with E-state index in [1.165, 1.54) is 7.11 Å². The molecule has 2 aromatic carbocycles. The lowest BCUT2D eigenvalue weighted by Gasteiger charge is -2.21. The van der Waals surface area contributed by atoms with Crippen LogP contribution < -0.4 is 10.6 Å². The normalized spacial score (nSPS) is 20.2. The van der Waals surface area contributed by atoms with Crippen LogP contribution in [0.15, 0.2) is 42.5 Å². The Bertz CT molecular complexity index is 751. The summed E-state index contributed by atoms with van der Waals surface area (Å²) in [5.74, 6) is -0.503. The van der Waals surface area contributed by atoms with Gasteiger partial charge in [-0.2, -0.15) is 0 Å². The topological polar surface area (TPSA) is 85.0 Å². The lowest BCUT2D eigenvalue weighted by molar-refractivity contribution is -0.0895. The quantitative estimate of drug-likeness (QED) is 0.655. The molecule has 1 aliphatic rings. The van der Waals surface area contributed by atoms with Gasteiger partial charge < -0.3 is 25.2 Å². The molecule has 126 valence electrons. The first-order valence-corrected chi connectivity index (χ1v) is 7.71. The van der Waals surface area contributed by atoms with E-state index in [2.05, 4.69) is 4.74 Å². The number of rotatable bonds is 3. The summed E-state index contributed by atoms with van der Waals surface area (Å²) < 4.78 is 10.3. The van der Waals surface area contributed by atoms with Crippen LogP contribution in [0.2, 0.25) is 5.02 Å². The van der Waals surface area contributed by atoms with Crippen molar-refractivity contribution < 1.29 is 19.4 Å². The number of halogens is 1. The zero-order valence-electron chi connectivity index (χ0n) is 13.0. The van der Waals surface area contributed by atoms with Crippen LogP contribution >= 0.6 is 11.6 Å². The number of nitrogen functional groups attached to an aromatic ring is 1. The number of methoxy groups -OCH3 is 1. The highest BCUT2D eigenvalue weighted by atomic mass is 35.5. The van der Waals surface area contributed by atoms with Crippen molar-refractivity contribution in [3.05, 3.63) is 58.6 Å². The number of benzene rings is 2. The smallest absolute Gasteiger partial charge is 0.339 e. The number of nitrogens with two attached hydrogens (primary N) is 1. The molecule has 1 saturated heterocycles. The molecule has 0 saturated carbocycles. The van der Waals surface area contributed by atoms with Gasteiger partial charge in [0.1, 0.15) is 6.10 Å². The standard InChI is InChI=1S/C17H17ClN2O4/c1-23-16(21)13-7-6-12(8-14(13)19)20-9-15(24-17(20)22)10-2-4-11(18)5-3-10/h2-8,15,17,22H,9,19H2,1H3. The molecule has 3 N–H and O–H groups in total. The van der Waals surface area contributed by atoms with E-state index in [0.29, 0.717) is 17.3 Å². The minimum Gasteiger partial charge on any atom is -0.465 e. The molecule has 1 heterocycles. The Balaban J connectivity index is 1.81. The summed E-state index contributed by atoms with van der Waals surface area (Å²) in [4.78, 5) is 13.3. The summed E-state index contributed by atoms with van der Waals surface area (Å²) in [6, 6.07) is 12.1. The Hall–Kier alpha value is -2.28. The van der Waals surface area contributed by atoms with E-state index in [0.717, 1.165) is 5.56 Å². The number of hydrogen-bond acceptors (Lipinski definition) is 6. The molecular weight excluding hydrogens is 332 g/mol. The minimum atomic E-state index is -1.10. The molecule has 7 heteroatoms. The van der Waals surface area contributed by atoms with Crippen molar-refractivity contribution in [3.63, 3.8) is 0 Å². The second-order valence-corrected chi connectivity index (χ2v) is 5.85. The summed E-state index contributed by atoms with van der Waals surface area (Å²) >= 11 is 5.89. The SMILES string of the molecule is COC(=O)c1ccc(N2CC(c3ccc(Cl)cc3)OC2O)cc1N. The third-order valence-corrected chi connectivity index (χ3v) is 4.18. The number of hydrogen-bond donors (Lipinski definition) is 2. The molecule has 1 aliphatic heterocycles. The fraction of sp³-hybridized carbons (Fsp3) is 0.235. The van der Waals surface area contributed by atoms with E-state index in [1.807, 2.05) is 12.1 Å². The predicted octanol–water partition coefficient (Wildman–Crippen LogP) is 2.56. The van der Waals surface area contributed by atoms with Crippen LogP contribution in [-0.2, 0) is 9.47 Å². The van der Waals surface area contributed by atoms with Gasteiger partial charge in [-0.05, 0) is 35.9 Å². The second kappa shape index (κ2) is 6.68. The number of anilines is 2. The average Bonchev–Trinajstić information content (AvgIpc) is 2.96. The highest BCUT2D eigenvalue weighted by Crippen LogP contribution is 2.33. The monoisotopic (exact) mass is 348 g/mol. The number of ether oxygens (including phenoxy) is 2. The molecule has 2 atom stereocenters. The Morgan fingerprint density at radius 2 is 2.04 bits per heavy atom. The molecule has 0 radical (unpaired) electrons. The van der Waals surface area contributed by atoms with Crippen LogP contribution in [0.5, 0.6) is 0 Å². The highest BCUT2D eigenvalue weighted by molar-refractivity contribution is 6.30. The summed E-state index contributed by atoms with van der Waals surface area (Å²) in [5.41, 5.74) is 8.04. The maximum atomic E-state index is 11.6. The zero-order valence-corrected chi connectivity index (χ0v) is 13.7. The van der Waals surface area contributed by atoms with E-state index in [-0.39, 0.29) is 17.4 Å². The molecule has 0 amide bonds. The van der Waals surface area contributed by atoms with Crippen molar-refractivity contribution in [2.24, 2.45) is 0 Å². The van der Waals surface area contributed by atoms with Crippen LogP contribution in [0.3, 0.4) is 0 Å². The second-order valence-electron chi connectivity index (χ2n) is 5.42. The number of esters is 1. The van der Waals surface area contributed by atoms with Crippen LogP contribution in [0.1, 0.15) is 22.0 Å². The number of nitrogens with zero attached hydrogens (tertiary/aromatic N) is 1. The molecule has 24 heavy (non-hydrogen) atoms. The van der Waals surface area contributed by atoms with Crippen molar-refractivity contribution in [1.82, 2.24) is 0 Å². The van der Waals surface area contributed by atoms with Crippen LogP contribution in [-0.4, -0.2) is 31.1 Å². The molecule has 0 bridgehead atoms. The van der Waals surface area contributed by atoms with Gasteiger partial charge in [-0.3, -0.25) is 0 Å². The third kappa shape index (κ3) is 3.17. The van der Waals surface area contributed by atoms with E-state index in [9.17, 15) is 9.90 Å². The molecule has 3 rings (SSSR count). The van der Waals surface area contributed by atoms with Crippen LogP contribution in [0.25, 0.3) is 0 Å². The largest absolute Gasteiger partial charge is 0.465 e. The van der Waals surface area contributed by atoms with Gasteiger partial charge >= 0.3 is 5.97 Å². The van der Waals surface area contributed by atoms with Crippen molar-refractivity contribution in [1.29, 1.82) is 0 Å². The number of carbonyl (C=O) groups excluding carboxylic acids is 1. The number of carbonyl (C=O) groups is 1. The Labute approximate surface area is 144 Å². The maximum Gasteiger partial charge on any atom is 0.339 e. The van der Waals surface area contributed by atoms with Gasteiger partial charge in [-0.1, -0.05) is 23.7 Å². The molecule has 2 aromatic rings. The molecule has 1 fully saturated rings. The summed E-state index contributed by atoms with van der Waals surface area (Å²) in [6.45, 7) is 0.444. The molecule has 0 aliphatic carbocycles. The first-order chi connectivity index (χ1) is 11.5. The van der Waals surface area contributed by atoms with E-state index < -0.39 is 12.4 Å². The first kappa shape index (κ1) is 16.6. The van der Waals surface area contributed by atoms with Crippen LogP contribution in [0.4, 0.5) is 11.4 Å². The lowest BCUT2D eigenvalue weighted by atomic mass is 10.1. The Morgan fingerprint density at radius 3 is 2.67 bits per heavy atom. The summed E-state index contributed by atoms with van der Waals surface area (Å²) in [6.07, 6.45) is -1.40. The lowest BCUT2D eigenvalue weighted by Crippen LogP contribution is -2.29. The zero-order chi connectivity index (χ0) is 17.3. The number of aliphatic hydroxyl groups is 1. The van der Waals surface area contributed by atoms with Crippen molar-refractivity contribution in [2.45, 2.75) is 12.5 Å². The molecule has 0 aromatic heterocycles. The van der Waals surface area contributed by atoms with Gasteiger partial charge in [-0.15, -0.1) is 0 Å². The fourth-order valence-corrected chi connectivity index (χ4v) is 2.78. The molecule has 2 unspecified atom stereocenters. The van der Waals surface area contributed by atoms with Crippen molar-refractivity contribution >= 4 is 28.9 Å². The Morgan fingerprint density at radius 1 is 1.33 bits per heavy atom. The highest BCUT2D eigenvalue weighted by Gasteiger charge is 2.33. The third-order valence-electron chi connectivity index (χ3n) is 3.93. The van der Waals surface area contributed by atoms with Gasteiger partial charge in [0, 0.05) is 16.4 Å². The van der Waals surface area contributed by atoms with Gasteiger partial charge in [0.25, 0.3) is 0 Å². The minimum absolute atomic E-state index is 0.279. The summed E-state index contributed by atoms with van der Waals surface area (Å²) in [7, 11) is 1.30. The first-order valence-electron chi connectivity index (χ1n) is 7.33. The van der Waals surface area contributed by atoms with E-state index >= 15 is 0 Å². The van der Waals surface area contributed by atoms with Gasteiger partial charge in [0.2, 0.25) is 6.41 Å². The predicted molar refractivity (Wildman–Crippen MR) is 90.8 cm³/mol. The van der Waals surface area contributed by atoms with Crippen molar-refractivity contribution in [2.75, 3.05) is 24.3 Å². The van der Waals surface area contributed by atoms with Gasteiger partial charge in [-0.25, -0.2) is 4.79 Å². The fourth-order valence-electron chi connectivity index (χ4n) is 2.65. The van der Waals surface area contributed by atoms with Gasteiger partial charge in [0.15, 0.2) is 0 Å². The van der Waals surface area contributed by atoms with Crippen LogP contribution in [0, 0.1) is 0 Å². The number of aliphatic hydroxyl groups excluding tert-OH is 1.